The van der Waals surface area contributed by atoms with Crippen molar-refractivity contribution in [2.24, 2.45) is 0 Å². The molecule has 0 heteroatoms. The molecule has 0 bridgehead atoms. The highest BCUT2D eigenvalue weighted by Gasteiger charge is 1.93. The maximum atomic E-state index is 3.78. The Kier molecular flexibility index (Phi) is 6.19. The zero-order chi connectivity index (χ0) is 15.6. The first-order chi connectivity index (χ1) is 10.8. The fraction of sp³-hybridized carbons (Fsp3) is 0.0909. The molecule has 0 atom stereocenters. The first-order valence-corrected chi connectivity index (χ1v) is 7.67. The summed E-state index contributed by atoms with van der Waals surface area (Å²) in [7, 11) is 0. The molecule has 3 aromatic carbocycles. The van der Waals surface area contributed by atoms with Gasteiger partial charge in [-0.1, -0.05) is 105 Å². The van der Waals surface area contributed by atoms with Crippen LogP contribution in [0.25, 0.3) is 22.9 Å². The second-order valence-electron chi connectivity index (χ2n) is 4.99. The smallest absolute Gasteiger partial charge is 0.0112 e. The standard InChI is InChI=1S/C12H10.C10H12/c1-2-10-7-5-8-11-6-3-4-9-12(10)11;1-2-3-7-10-8-5-4-6-9-10/h2-9H,1H2;3-9H,2H2,1H3. The molecule has 0 heterocycles. The van der Waals surface area contributed by atoms with E-state index in [0.717, 1.165) is 6.42 Å². The summed E-state index contributed by atoms with van der Waals surface area (Å²) in [6.07, 6.45) is 7.30. The lowest BCUT2D eigenvalue weighted by atomic mass is 10.1. The second-order valence-corrected chi connectivity index (χ2v) is 4.99. The summed E-state index contributed by atoms with van der Waals surface area (Å²) in [6.45, 7) is 5.92. The first-order valence-electron chi connectivity index (χ1n) is 7.67. The molecule has 0 aliphatic rings. The van der Waals surface area contributed by atoms with Crippen LogP contribution in [0.5, 0.6) is 0 Å². The summed E-state index contributed by atoms with van der Waals surface area (Å²) in [5.41, 5.74) is 2.48. The zero-order valence-electron chi connectivity index (χ0n) is 13.1. The van der Waals surface area contributed by atoms with Crippen molar-refractivity contribution in [3.8, 4) is 0 Å². The van der Waals surface area contributed by atoms with Gasteiger partial charge in [0.15, 0.2) is 0 Å². The minimum atomic E-state index is 1.11. The largest absolute Gasteiger partial charge is 0.0984 e. The molecule has 0 aliphatic carbocycles. The molecule has 0 saturated carbocycles. The zero-order valence-corrected chi connectivity index (χ0v) is 13.1. The monoisotopic (exact) mass is 286 g/mol. The van der Waals surface area contributed by atoms with Gasteiger partial charge in [-0.15, -0.1) is 0 Å². The van der Waals surface area contributed by atoms with Gasteiger partial charge >= 0.3 is 0 Å². The van der Waals surface area contributed by atoms with E-state index < -0.39 is 0 Å². The second kappa shape index (κ2) is 8.63. The third-order valence-corrected chi connectivity index (χ3v) is 3.39. The van der Waals surface area contributed by atoms with Crippen molar-refractivity contribution in [1.29, 1.82) is 0 Å². The molecule has 0 amide bonds. The number of rotatable bonds is 3. The lowest BCUT2D eigenvalue weighted by molar-refractivity contribution is 1.23. The van der Waals surface area contributed by atoms with Crippen molar-refractivity contribution in [3.05, 3.63) is 96.6 Å². The summed E-state index contributed by atoms with van der Waals surface area (Å²) in [5, 5.41) is 2.55. The van der Waals surface area contributed by atoms with Crippen LogP contribution in [0.1, 0.15) is 24.5 Å². The predicted molar refractivity (Wildman–Crippen MR) is 99.8 cm³/mol. The van der Waals surface area contributed by atoms with E-state index in [1.54, 1.807) is 0 Å². The number of benzene rings is 3. The van der Waals surface area contributed by atoms with Crippen molar-refractivity contribution < 1.29 is 0 Å². The van der Waals surface area contributed by atoms with E-state index in [4.69, 9.17) is 0 Å². The molecule has 0 N–H and O–H groups in total. The topological polar surface area (TPSA) is 0 Å². The highest BCUT2D eigenvalue weighted by Crippen LogP contribution is 2.18. The van der Waals surface area contributed by atoms with Crippen LogP contribution in [-0.4, -0.2) is 0 Å². The van der Waals surface area contributed by atoms with Crippen LogP contribution in [0.15, 0.2) is 85.5 Å². The van der Waals surface area contributed by atoms with Gasteiger partial charge in [0.2, 0.25) is 0 Å². The van der Waals surface area contributed by atoms with Gasteiger partial charge in [-0.3, -0.25) is 0 Å². The van der Waals surface area contributed by atoms with Gasteiger partial charge in [-0.05, 0) is 28.3 Å². The van der Waals surface area contributed by atoms with Crippen LogP contribution in [-0.2, 0) is 0 Å². The van der Waals surface area contributed by atoms with E-state index >= 15 is 0 Å². The Balaban J connectivity index is 0.000000164. The fourth-order valence-electron chi connectivity index (χ4n) is 2.25. The molecular weight excluding hydrogens is 264 g/mol. The van der Waals surface area contributed by atoms with E-state index in [1.807, 2.05) is 12.1 Å². The van der Waals surface area contributed by atoms with Crippen LogP contribution in [0.3, 0.4) is 0 Å². The minimum absolute atomic E-state index is 1.11. The Labute approximate surface area is 133 Å². The van der Waals surface area contributed by atoms with Gasteiger partial charge in [-0.25, -0.2) is 0 Å². The van der Waals surface area contributed by atoms with E-state index in [0.29, 0.717) is 0 Å². The van der Waals surface area contributed by atoms with Crippen molar-refractivity contribution in [1.82, 2.24) is 0 Å². The molecule has 3 rings (SSSR count). The van der Waals surface area contributed by atoms with Gasteiger partial charge in [-0.2, -0.15) is 0 Å². The maximum absolute atomic E-state index is 3.78. The SMILES string of the molecule is C=Cc1cccc2ccccc12.CCC=Cc1ccccc1. The average Bonchev–Trinajstić information content (AvgIpc) is 2.61. The molecule has 0 unspecified atom stereocenters. The predicted octanol–water partition coefficient (Wildman–Crippen LogP) is 6.59. The highest BCUT2D eigenvalue weighted by atomic mass is 14.0. The maximum Gasteiger partial charge on any atom is -0.0112 e. The number of hydrogen-bond acceptors (Lipinski definition) is 0. The van der Waals surface area contributed by atoms with Gasteiger partial charge in [0.25, 0.3) is 0 Å². The molecular formula is C22H22. The van der Waals surface area contributed by atoms with Crippen LogP contribution in [0.4, 0.5) is 0 Å². The Morgan fingerprint density at radius 2 is 1.50 bits per heavy atom. The van der Waals surface area contributed by atoms with Crippen molar-refractivity contribution in [2.45, 2.75) is 13.3 Å². The Morgan fingerprint density at radius 3 is 2.23 bits per heavy atom. The van der Waals surface area contributed by atoms with Gasteiger partial charge < -0.3 is 0 Å². The number of hydrogen-bond donors (Lipinski definition) is 0. The van der Waals surface area contributed by atoms with Crippen molar-refractivity contribution in [2.75, 3.05) is 0 Å². The molecule has 0 radical (unpaired) electrons. The van der Waals surface area contributed by atoms with E-state index in [-0.39, 0.29) is 0 Å². The summed E-state index contributed by atoms with van der Waals surface area (Å²) < 4.78 is 0. The highest BCUT2D eigenvalue weighted by molar-refractivity contribution is 5.90. The van der Waals surface area contributed by atoms with Crippen molar-refractivity contribution in [3.63, 3.8) is 0 Å². The van der Waals surface area contributed by atoms with Gasteiger partial charge in [0.1, 0.15) is 0 Å². The van der Waals surface area contributed by atoms with Crippen molar-refractivity contribution >= 4 is 22.9 Å². The Hall–Kier alpha value is -2.60. The normalized spacial score (nSPS) is 10.2. The third-order valence-electron chi connectivity index (χ3n) is 3.39. The quantitative estimate of drug-likeness (QED) is 0.509. The number of fused-ring (bicyclic) bond motifs is 1. The molecule has 0 saturated heterocycles. The third kappa shape index (κ3) is 4.46. The van der Waals surface area contributed by atoms with E-state index in [9.17, 15) is 0 Å². The lowest BCUT2D eigenvalue weighted by Crippen LogP contribution is -1.75. The van der Waals surface area contributed by atoms with E-state index in [1.165, 1.54) is 21.9 Å². The molecule has 110 valence electrons. The first kappa shape index (κ1) is 15.8. The van der Waals surface area contributed by atoms with Crippen LogP contribution < -0.4 is 0 Å². The lowest BCUT2D eigenvalue weighted by Gasteiger charge is -1.99. The molecule has 0 aromatic heterocycles. The van der Waals surface area contributed by atoms with Gasteiger partial charge in [0.05, 0.1) is 0 Å². The molecule has 0 aliphatic heterocycles. The number of allylic oxidation sites excluding steroid dienone is 1. The summed E-state index contributed by atoms with van der Waals surface area (Å²) in [4.78, 5) is 0. The van der Waals surface area contributed by atoms with Crippen LogP contribution >= 0.6 is 0 Å². The van der Waals surface area contributed by atoms with Crippen LogP contribution in [0, 0.1) is 0 Å². The summed E-state index contributed by atoms with van der Waals surface area (Å²) in [5.74, 6) is 0. The van der Waals surface area contributed by atoms with E-state index in [2.05, 4.69) is 92.4 Å². The Morgan fingerprint density at radius 1 is 0.818 bits per heavy atom. The fourth-order valence-corrected chi connectivity index (χ4v) is 2.25. The minimum Gasteiger partial charge on any atom is -0.0984 e. The average molecular weight is 286 g/mol. The molecule has 0 nitrogen and oxygen atoms in total. The molecule has 0 fully saturated rings. The Bertz CT molecular complexity index is 731. The molecule has 0 spiro atoms. The van der Waals surface area contributed by atoms with Crippen LogP contribution in [0.2, 0.25) is 0 Å². The molecule has 22 heavy (non-hydrogen) atoms. The summed E-state index contributed by atoms with van der Waals surface area (Å²) in [6, 6.07) is 24.9. The summed E-state index contributed by atoms with van der Waals surface area (Å²) >= 11 is 0. The molecule has 3 aromatic rings. The van der Waals surface area contributed by atoms with Gasteiger partial charge in [0, 0.05) is 0 Å².